The fourth-order valence-corrected chi connectivity index (χ4v) is 2.43. The summed E-state index contributed by atoms with van der Waals surface area (Å²) in [4.78, 5) is 10.7. The second-order valence-electron chi connectivity index (χ2n) is 3.65. The average molecular weight is 173 g/mol. The highest BCUT2D eigenvalue weighted by Crippen LogP contribution is 2.39. The van der Waals surface area contributed by atoms with Gasteiger partial charge in [-0.25, -0.2) is 4.39 Å². The van der Waals surface area contributed by atoms with Crippen molar-refractivity contribution in [1.29, 1.82) is 0 Å². The van der Waals surface area contributed by atoms with E-state index in [9.17, 15) is 9.18 Å². The minimum atomic E-state index is -0.836. The highest BCUT2D eigenvalue weighted by Gasteiger charge is 2.47. The van der Waals surface area contributed by atoms with Crippen LogP contribution in [-0.4, -0.2) is 29.8 Å². The zero-order valence-electron chi connectivity index (χ0n) is 6.66. The first-order valence-corrected chi connectivity index (χ1v) is 4.30. The number of rotatable bonds is 1. The maximum Gasteiger partial charge on any atom is 0.320 e. The van der Waals surface area contributed by atoms with Crippen LogP contribution < -0.4 is 5.32 Å². The van der Waals surface area contributed by atoms with Gasteiger partial charge in [0, 0.05) is 12.5 Å². The smallest absolute Gasteiger partial charge is 0.320 e. The molecule has 1 saturated heterocycles. The Kier molecular flexibility index (Phi) is 1.79. The number of halogens is 1. The third-order valence-electron chi connectivity index (χ3n) is 3.06. The van der Waals surface area contributed by atoms with E-state index in [1.165, 1.54) is 0 Å². The van der Waals surface area contributed by atoms with E-state index in [0.29, 0.717) is 13.0 Å². The van der Waals surface area contributed by atoms with Crippen molar-refractivity contribution in [2.45, 2.75) is 25.1 Å². The molecule has 0 bridgehead atoms. The second-order valence-corrected chi connectivity index (χ2v) is 3.65. The first kappa shape index (κ1) is 7.98. The van der Waals surface area contributed by atoms with E-state index in [4.69, 9.17) is 5.11 Å². The lowest BCUT2D eigenvalue weighted by Gasteiger charge is -2.12. The highest BCUT2D eigenvalue weighted by molar-refractivity contribution is 5.74. The van der Waals surface area contributed by atoms with Gasteiger partial charge in [0.1, 0.15) is 12.2 Å². The number of nitrogens with one attached hydrogen (secondary N) is 1. The average Bonchev–Trinajstić information content (AvgIpc) is 2.53. The van der Waals surface area contributed by atoms with Crippen LogP contribution in [0.1, 0.15) is 12.8 Å². The molecule has 2 fully saturated rings. The number of alkyl halides is 1. The van der Waals surface area contributed by atoms with Crippen molar-refractivity contribution in [3.8, 4) is 0 Å². The van der Waals surface area contributed by atoms with E-state index in [2.05, 4.69) is 5.32 Å². The maximum absolute atomic E-state index is 13.1. The van der Waals surface area contributed by atoms with E-state index >= 15 is 0 Å². The molecule has 0 amide bonds. The van der Waals surface area contributed by atoms with Gasteiger partial charge in [-0.05, 0) is 18.8 Å². The molecule has 2 aliphatic rings. The van der Waals surface area contributed by atoms with E-state index in [1.54, 1.807) is 0 Å². The quantitative estimate of drug-likeness (QED) is 0.603. The van der Waals surface area contributed by atoms with Crippen molar-refractivity contribution in [3.63, 3.8) is 0 Å². The molecule has 1 saturated carbocycles. The van der Waals surface area contributed by atoms with Gasteiger partial charge in [0.2, 0.25) is 0 Å². The summed E-state index contributed by atoms with van der Waals surface area (Å²) in [5.41, 5.74) is 0. The first-order valence-electron chi connectivity index (χ1n) is 4.30. The molecule has 68 valence electrons. The van der Waals surface area contributed by atoms with Crippen LogP contribution >= 0.6 is 0 Å². The third-order valence-corrected chi connectivity index (χ3v) is 3.06. The summed E-state index contributed by atoms with van der Waals surface area (Å²) >= 11 is 0. The van der Waals surface area contributed by atoms with Gasteiger partial charge in [0.05, 0.1) is 0 Å². The van der Waals surface area contributed by atoms with Crippen molar-refractivity contribution in [2.24, 2.45) is 11.8 Å². The molecule has 2 rings (SSSR count). The number of aliphatic carboxylic acids is 1. The Morgan fingerprint density at radius 1 is 1.42 bits per heavy atom. The Bertz CT molecular complexity index is 209. The Labute approximate surface area is 70.0 Å². The van der Waals surface area contributed by atoms with Crippen LogP contribution in [0.4, 0.5) is 4.39 Å². The van der Waals surface area contributed by atoms with Gasteiger partial charge in [0.15, 0.2) is 0 Å². The van der Waals surface area contributed by atoms with Gasteiger partial charge in [-0.3, -0.25) is 4.79 Å². The molecule has 1 aliphatic carbocycles. The second kappa shape index (κ2) is 2.69. The lowest BCUT2D eigenvalue weighted by molar-refractivity contribution is -0.140. The molecule has 2 N–H and O–H groups in total. The van der Waals surface area contributed by atoms with Gasteiger partial charge >= 0.3 is 5.97 Å². The van der Waals surface area contributed by atoms with Crippen molar-refractivity contribution in [2.75, 3.05) is 6.54 Å². The Morgan fingerprint density at radius 3 is 2.83 bits per heavy atom. The molecule has 0 aromatic carbocycles. The number of carboxylic acid groups (broad SMARTS) is 1. The molecule has 4 unspecified atom stereocenters. The molecule has 1 aliphatic heterocycles. The van der Waals surface area contributed by atoms with Crippen LogP contribution in [0.2, 0.25) is 0 Å². The molecule has 3 nitrogen and oxygen atoms in total. The third kappa shape index (κ3) is 1.02. The normalized spacial score (nSPS) is 46.1. The van der Waals surface area contributed by atoms with Crippen molar-refractivity contribution in [1.82, 2.24) is 5.32 Å². The van der Waals surface area contributed by atoms with Crippen LogP contribution in [0, 0.1) is 11.8 Å². The lowest BCUT2D eigenvalue weighted by Crippen LogP contribution is -2.35. The summed E-state index contributed by atoms with van der Waals surface area (Å²) in [5.74, 6) is -0.861. The van der Waals surface area contributed by atoms with E-state index in [1.807, 2.05) is 0 Å². The summed E-state index contributed by atoms with van der Waals surface area (Å²) in [6.07, 6.45) is 0.475. The summed E-state index contributed by atoms with van der Waals surface area (Å²) in [5, 5.41) is 11.6. The van der Waals surface area contributed by atoms with Gasteiger partial charge in [-0.15, -0.1) is 0 Å². The van der Waals surface area contributed by atoms with Crippen LogP contribution in [-0.2, 0) is 4.79 Å². The number of hydrogen-bond donors (Lipinski definition) is 2. The van der Waals surface area contributed by atoms with Gasteiger partial charge < -0.3 is 10.4 Å². The topological polar surface area (TPSA) is 49.3 Å². The van der Waals surface area contributed by atoms with E-state index in [-0.39, 0.29) is 11.8 Å². The number of carbonyl (C=O) groups is 1. The van der Waals surface area contributed by atoms with Crippen LogP contribution in [0.3, 0.4) is 0 Å². The summed E-state index contributed by atoms with van der Waals surface area (Å²) in [7, 11) is 0. The Hall–Kier alpha value is -0.640. The van der Waals surface area contributed by atoms with Crippen LogP contribution in [0.25, 0.3) is 0 Å². The molecule has 4 atom stereocenters. The molecule has 0 aromatic heterocycles. The van der Waals surface area contributed by atoms with Crippen molar-refractivity contribution in [3.05, 3.63) is 0 Å². The zero-order valence-corrected chi connectivity index (χ0v) is 6.66. The molecular weight excluding hydrogens is 161 g/mol. The van der Waals surface area contributed by atoms with Crippen molar-refractivity contribution >= 4 is 5.97 Å². The molecule has 4 heteroatoms. The molecular formula is C8H12FNO2. The predicted molar refractivity (Wildman–Crippen MR) is 40.5 cm³/mol. The lowest BCUT2D eigenvalue weighted by atomic mass is 9.94. The molecule has 12 heavy (non-hydrogen) atoms. The fourth-order valence-electron chi connectivity index (χ4n) is 2.43. The molecule has 1 heterocycles. The SMILES string of the molecule is O=C(O)C1NCC2C(F)CCC12. The maximum atomic E-state index is 13.1. The predicted octanol–water partition coefficient (Wildman–Crippen LogP) is 0.407. The summed E-state index contributed by atoms with van der Waals surface area (Å²) < 4.78 is 13.1. The Morgan fingerprint density at radius 2 is 2.17 bits per heavy atom. The zero-order chi connectivity index (χ0) is 8.72. The van der Waals surface area contributed by atoms with Gasteiger partial charge in [-0.1, -0.05) is 0 Å². The standard InChI is InChI=1S/C8H12FNO2/c9-6-2-1-4-5(6)3-10-7(4)8(11)12/h4-7,10H,1-3H2,(H,11,12). The summed E-state index contributed by atoms with van der Waals surface area (Å²) in [6, 6.07) is -0.504. The molecule has 0 spiro atoms. The molecule has 0 radical (unpaired) electrons. The minimum Gasteiger partial charge on any atom is -0.480 e. The first-order chi connectivity index (χ1) is 5.70. The monoisotopic (exact) mass is 173 g/mol. The minimum absolute atomic E-state index is 0.0255. The van der Waals surface area contributed by atoms with Crippen LogP contribution in [0.15, 0.2) is 0 Å². The van der Waals surface area contributed by atoms with Gasteiger partial charge in [-0.2, -0.15) is 0 Å². The number of hydrogen-bond acceptors (Lipinski definition) is 2. The van der Waals surface area contributed by atoms with Crippen LogP contribution in [0.5, 0.6) is 0 Å². The number of fused-ring (bicyclic) bond motifs is 1. The van der Waals surface area contributed by atoms with E-state index < -0.39 is 18.2 Å². The molecule has 0 aromatic rings. The fraction of sp³-hybridized carbons (Fsp3) is 0.875. The summed E-state index contributed by atoms with van der Waals surface area (Å²) in [6.45, 7) is 0.531. The van der Waals surface area contributed by atoms with Crippen molar-refractivity contribution < 1.29 is 14.3 Å². The highest BCUT2D eigenvalue weighted by atomic mass is 19.1. The van der Waals surface area contributed by atoms with Gasteiger partial charge in [0.25, 0.3) is 0 Å². The largest absolute Gasteiger partial charge is 0.480 e. The Balaban J connectivity index is 2.10. The van der Waals surface area contributed by atoms with E-state index in [0.717, 1.165) is 6.42 Å². The number of carboxylic acids is 1.